The fraction of sp³-hybridized carbons (Fsp3) is 0.236. The summed E-state index contributed by atoms with van der Waals surface area (Å²) in [6.45, 7) is 9.26. The molecule has 1 radical (unpaired) electrons. The van der Waals surface area contributed by atoms with Gasteiger partial charge < -0.3 is 4.57 Å². The molecule has 0 atom stereocenters. The number of hydrogen-bond acceptors (Lipinski definition) is 3. The fourth-order valence-corrected chi connectivity index (χ4v) is 11.9. The predicted octanol–water partition coefficient (Wildman–Crippen LogP) is 14.7. The molecule has 3 heterocycles. The molecule has 0 fully saturated rings. The molecule has 6 aromatic carbocycles. The van der Waals surface area contributed by atoms with Crippen LogP contribution >= 0.6 is 11.3 Å². The second-order valence-electron chi connectivity index (χ2n) is 17.7. The van der Waals surface area contributed by atoms with E-state index in [1.807, 2.05) is 23.6 Å². The van der Waals surface area contributed by atoms with Gasteiger partial charge in [0, 0.05) is 30.5 Å². The molecule has 0 spiro atoms. The van der Waals surface area contributed by atoms with Gasteiger partial charge in [-0.15, -0.1) is 23.8 Å². The predicted molar refractivity (Wildman–Crippen MR) is 260 cm³/mol. The number of imidazole rings is 1. The second kappa shape index (κ2) is 18.0. The van der Waals surface area contributed by atoms with E-state index < -0.39 is 13.3 Å². The maximum atomic E-state index is 7.65. The Morgan fingerprint density at radius 1 is 0.738 bits per heavy atom. The van der Waals surface area contributed by atoms with Crippen LogP contribution in [0.4, 0.5) is 0 Å². The van der Waals surface area contributed by atoms with Crippen LogP contribution < -0.4 is 4.40 Å². The van der Waals surface area contributed by atoms with Gasteiger partial charge in [-0.05, 0) is 111 Å². The van der Waals surface area contributed by atoms with Crippen molar-refractivity contribution in [1.29, 1.82) is 0 Å². The van der Waals surface area contributed by atoms with E-state index in [-0.39, 0.29) is 38.2 Å². The van der Waals surface area contributed by atoms with Crippen molar-refractivity contribution in [1.82, 2.24) is 14.5 Å². The van der Waals surface area contributed by atoms with Crippen molar-refractivity contribution in [2.24, 2.45) is 0 Å². The Labute approximate surface area is 386 Å². The summed E-state index contributed by atoms with van der Waals surface area (Å²) in [5.74, 6) is 8.55. The van der Waals surface area contributed by atoms with Gasteiger partial charge in [-0.1, -0.05) is 81.6 Å². The van der Waals surface area contributed by atoms with Gasteiger partial charge in [-0.25, -0.2) is 0 Å². The molecule has 0 saturated heterocycles. The number of aryl methyl sites for hydroxylation is 2. The first-order valence-electron chi connectivity index (χ1n) is 22.8. The number of benzene rings is 6. The Morgan fingerprint density at radius 3 is 2.18 bits per heavy atom. The van der Waals surface area contributed by atoms with Crippen LogP contribution in [0, 0.1) is 12.1 Å². The van der Waals surface area contributed by atoms with Crippen LogP contribution in [0.15, 0.2) is 134 Å². The Balaban J connectivity index is 0.000000236. The van der Waals surface area contributed by atoms with Gasteiger partial charge in [0.1, 0.15) is 0 Å². The molecule has 6 heteroatoms. The number of fused-ring (bicyclic) bond motifs is 6. The van der Waals surface area contributed by atoms with Gasteiger partial charge in [0.25, 0.3) is 0 Å². The molecule has 0 saturated carbocycles. The summed E-state index contributed by atoms with van der Waals surface area (Å²) in [6.07, 6.45) is 6.83. The van der Waals surface area contributed by atoms with Gasteiger partial charge in [0.2, 0.25) is 0 Å². The van der Waals surface area contributed by atoms with Crippen LogP contribution in [0.1, 0.15) is 78.7 Å². The first-order valence-corrected chi connectivity index (χ1v) is 29.5. The van der Waals surface area contributed by atoms with Crippen molar-refractivity contribution in [2.75, 3.05) is 0 Å². The van der Waals surface area contributed by atoms with Gasteiger partial charge in [0.05, 0.1) is 16.9 Å². The largest absolute Gasteiger partial charge is 0 e. The number of aromatic nitrogens is 3. The first kappa shape index (κ1) is 39.2. The summed E-state index contributed by atoms with van der Waals surface area (Å²) in [4.78, 5) is 9.75. The molecular weight excluding hydrogens is 1000 g/mol. The van der Waals surface area contributed by atoms with Crippen LogP contribution in [-0.4, -0.2) is 27.8 Å². The molecule has 0 unspecified atom stereocenters. The third-order valence-corrected chi connectivity index (χ3v) is 17.3. The van der Waals surface area contributed by atoms with Crippen molar-refractivity contribution in [3.05, 3.63) is 168 Å². The van der Waals surface area contributed by atoms with Crippen molar-refractivity contribution in [3.8, 4) is 39.5 Å². The van der Waals surface area contributed by atoms with Gasteiger partial charge in [0.15, 0.2) is 0 Å². The molecule has 9 aromatic rings. The average Bonchev–Trinajstić information content (AvgIpc) is 3.86. The third-order valence-electron chi connectivity index (χ3n) is 11.9. The summed E-state index contributed by atoms with van der Waals surface area (Å²) in [5, 5.41) is 2.81. The maximum Gasteiger partial charge on any atom is 0 e. The summed E-state index contributed by atoms with van der Waals surface area (Å²) >= 11 is 0.0403. The summed E-state index contributed by atoms with van der Waals surface area (Å²) in [6, 6.07) is 45.4. The molecule has 1 aliphatic carbocycles. The minimum atomic E-state index is -1.86. The summed E-state index contributed by atoms with van der Waals surface area (Å²) < 4.78 is 29.2. The zero-order valence-corrected chi connectivity index (χ0v) is 41.3. The van der Waals surface area contributed by atoms with Crippen LogP contribution in [-0.2, 0) is 32.9 Å². The van der Waals surface area contributed by atoms with Crippen molar-refractivity contribution in [2.45, 2.75) is 82.5 Å². The van der Waals surface area contributed by atoms with Crippen molar-refractivity contribution >= 4 is 60.2 Å². The number of nitrogens with zero attached hydrogens (tertiary/aromatic N) is 3. The zero-order valence-electron chi connectivity index (χ0n) is 39.0. The molecule has 1 aliphatic rings. The molecule has 3 nitrogen and oxygen atoms in total. The Bertz CT molecular complexity index is 3100. The molecule has 0 N–H and O–H groups in total. The van der Waals surface area contributed by atoms with Crippen LogP contribution in [0.25, 0.3) is 70.7 Å². The van der Waals surface area contributed by atoms with Gasteiger partial charge >= 0.3 is 104 Å². The van der Waals surface area contributed by atoms with Gasteiger partial charge in [-0.2, -0.15) is 11.3 Å². The minimum Gasteiger partial charge on any atom is 0 e. The number of pyridine rings is 1. The van der Waals surface area contributed by atoms with E-state index in [0.717, 1.165) is 22.4 Å². The molecule has 0 bridgehead atoms. The van der Waals surface area contributed by atoms with Gasteiger partial charge in [-0.3, -0.25) is 4.98 Å². The van der Waals surface area contributed by atoms with E-state index >= 15 is 0 Å². The third kappa shape index (κ3) is 8.60. The molecule has 0 amide bonds. The quantitative estimate of drug-likeness (QED) is 0.118. The second-order valence-corrected chi connectivity index (χ2v) is 29.4. The number of thiophene rings is 1. The molecule has 0 aliphatic heterocycles. The molecule has 61 heavy (non-hydrogen) atoms. The maximum absolute atomic E-state index is 7.65. The zero-order chi connectivity index (χ0) is 44.2. The monoisotopic (exact) mass is 1060 g/mol. The molecule has 10 rings (SSSR count). The number of para-hydroxylation sites is 2. The number of rotatable bonds is 7. The average molecular weight is 1060 g/mol. The Kier molecular flexibility index (Phi) is 11.6. The number of hydrogen-bond donors (Lipinski definition) is 0. The molecular formula is C55H53GeIrN3S-2. The van der Waals surface area contributed by atoms with E-state index in [1.165, 1.54) is 83.8 Å². The van der Waals surface area contributed by atoms with E-state index in [0.29, 0.717) is 23.1 Å². The Morgan fingerprint density at radius 2 is 1.48 bits per heavy atom. The van der Waals surface area contributed by atoms with Crippen LogP contribution in [0.3, 0.4) is 0 Å². The normalized spacial score (nSPS) is 13.4. The van der Waals surface area contributed by atoms with E-state index in [4.69, 9.17) is 9.10 Å². The minimum absolute atomic E-state index is 0. The van der Waals surface area contributed by atoms with E-state index in [2.05, 4.69) is 164 Å². The molecule has 309 valence electrons. The Hall–Kier alpha value is -4.65. The standard InChI is InChI=1S/C41H37N2S.C14H16GeN.Ir/c1-25(2)32-23-30(27-12-6-5-7-13-27)24-33(26(3)4)40(32)43-36-17-11-10-16-35(36)42-41(43)29-19-20-37-34(22-29)39-31-15-9-8-14-28(31)18-21-38(39)44-37;1-15(2,3)13-9-10-14(16-11-13)12-7-5-4-6-8-12;/h5-7,10-13,16-18,20-26H,8-9,14-15H2,1-4H3;4-7,9-11H,1-3H3;/q2*-1;/i;4D,5D,6D;. The summed E-state index contributed by atoms with van der Waals surface area (Å²) in [7, 11) is 0. The van der Waals surface area contributed by atoms with Crippen molar-refractivity contribution < 1.29 is 24.2 Å². The fourth-order valence-electron chi connectivity index (χ4n) is 8.65. The molecule has 3 aromatic heterocycles. The summed E-state index contributed by atoms with van der Waals surface area (Å²) in [5.41, 5.74) is 14.1. The first-order chi connectivity index (χ1) is 30.3. The smallest absolute Gasteiger partial charge is 0 e. The topological polar surface area (TPSA) is 30.7 Å². The van der Waals surface area contributed by atoms with Crippen LogP contribution in [0.5, 0.6) is 0 Å². The van der Waals surface area contributed by atoms with Crippen molar-refractivity contribution in [3.63, 3.8) is 0 Å². The van der Waals surface area contributed by atoms with Crippen LogP contribution in [0.2, 0.25) is 17.3 Å². The SMILES string of the molecule is CC(C)c1cc(-c2ccccc2)cc(C(C)C)c1-n1c(-c2[c-]cc3sc4ccc5c(c4c3c2)CCCC5)nc2ccccc21.[2H]c1[c-]c(-c2cc[c]([Ge]([CH3])([CH3])[CH3])cn2)cc([2H])c1[2H].[Ir]. The van der Waals surface area contributed by atoms with E-state index in [1.54, 1.807) is 11.6 Å². The van der Waals surface area contributed by atoms with E-state index in [9.17, 15) is 0 Å².